The third-order valence-corrected chi connectivity index (χ3v) is 2.74. The summed E-state index contributed by atoms with van der Waals surface area (Å²) in [5.74, 6) is -0.137. The monoisotopic (exact) mass is 294 g/mol. The number of hydrogen-bond donors (Lipinski definition) is 2. The van der Waals surface area contributed by atoms with Gasteiger partial charge < -0.3 is 11.1 Å². The lowest BCUT2D eigenvalue weighted by atomic mass is 10.3. The molecular formula is C11H17F3N4O2. The molecule has 0 aliphatic rings. The zero-order valence-electron chi connectivity index (χ0n) is 11.3. The fraction of sp³-hybridized carbons (Fsp3) is 0.636. The highest BCUT2D eigenvalue weighted by atomic mass is 19.4. The minimum absolute atomic E-state index is 0.137. The summed E-state index contributed by atoms with van der Waals surface area (Å²) in [5.41, 5.74) is 4.20. The van der Waals surface area contributed by atoms with E-state index in [0.29, 0.717) is 6.42 Å². The van der Waals surface area contributed by atoms with E-state index in [-0.39, 0.29) is 18.1 Å². The average molecular weight is 294 g/mol. The van der Waals surface area contributed by atoms with Gasteiger partial charge in [0.2, 0.25) is 0 Å². The first-order valence-corrected chi connectivity index (χ1v) is 6.09. The van der Waals surface area contributed by atoms with E-state index in [4.69, 9.17) is 5.73 Å². The summed E-state index contributed by atoms with van der Waals surface area (Å²) < 4.78 is 38.3. The molecule has 0 aromatic carbocycles. The Morgan fingerprint density at radius 3 is 2.40 bits per heavy atom. The standard InChI is InChI=1S/C11H17F3N4O2/c1-3-6-18-8(15)7(9(19)17(2)10(18)20)16-5-4-11(12,13)14/h16H,3-6,15H2,1-2H3. The van der Waals surface area contributed by atoms with Crippen LogP contribution in [-0.4, -0.2) is 21.9 Å². The molecule has 3 N–H and O–H groups in total. The van der Waals surface area contributed by atoms with Crippen molar-refractivity contribution in [1.29, 1.82) is 0 Å². The zero-order valence-corrected chi connectivity index (χ0v) is 11.3. The summed E-state index contributed by atoms with van der Waals surface area (Å²) in [6.45, 7) is 1.62. The molecule has 0 radical (unpaired) electrons. The molecule has 0 aliphatic heterocycles. The molecule has 0 saturated carbocycles. The van der Waals surface area contributed by atoms with Gasteiger partial charge in [0.15, 0.2) is 0 Å². The minimum Gasteiger partial charge on any atom is -0.383 e. The molecule has 1 heterocycles. The topological polar surface area (TPSA) is 82.0 Å². The van der Waals surface area contributed by atoms with Crippen LogP contribution in [0.5, 0.6) is 0 Å². The van der Waals surface area contributed by atoms with Crippen LogP contribution in [0.25, 0.3) is 0 Å². The van der Waals surface area contributed by atoms with Crippen LogP contribution in [0.1, 0.15) is 19.8 Å². The predicted octanol–water partition coefficient (Wildman–Crippen LogP) is 0.904. The molecule has 0 bridgehead atoms. The number of halogens is 3. The van der Waals surface area contributed by atoms with Crippen molar-refractivity contribution in [1.82, 2.24) is 9.13 Å². The van der Waals surface area contributed by atoms with Crippen LogP contribution in [0, 0.1) is 0 Å². The number of hydrogen-bond acceptors (Lipinski definition) is 4. The molecular weight excluding hydrogens is 277 g/mol. The maximum atomic E-state index is 12.1. The van der Waals surface area contributed by atoms with Crippen molar-refractivity contribution in [3.63, 3.8) is 0 Å². The van der Waals surface area contributed by atoms with Crippen molar-refractivity contribution in [3.05, 3.63) is 20.8 Å². The number of nitrogens with two attached hydrogens (primary N) is 1. The van der Waals surface area contributed by atoms with Crippen molar-refractivity contribution in [2.45, 2.75) is 32.5 Å². The Balaban J connectivity index is 3.13. The van der Waals surface area contributed by atoms with Gasteiger partial charge in [-0.25, -0.2) is 4.79 Å². The molecule has 0 atom stereocenters. The fourth-order valence-corrected chi connectivity index (χ4v) is 1.72. The lowest BCUT2D eigenvalue weighted by Crippen LogP contribution is -2.41. The SMILES string of the molecule is CCCn1c(N)c(NCCC(F)(F)F)c(=O)n(C)c1=O. The van der Waals surface area contributed by atoms with E-state index in [1.165, 1.54) is 7.05 Å². The molecule has 0 fully saturated rings. The van der Waals surface area contributed by atoms with Crippen LogP contribution >= 0.6 is 0 Å². The van der Waals surface area contributed by atoms with Crippen molar-refractivity contribution < 1.29 is 13.2 Å². The third-order valence-electron chi connectivity index (χ3n) is 2.74. The molecule has 0 unspecified atom stereocenters. The van der Waals surface area contributed by atoms with E-state index in [1.54, 1.807) is 0 Å². The van der Waals surface area contributed by atoms with Gasteiger partial charge in [0.05, 0.1) is 6.42 Å². The van der Waals surface area contributed by atoms with Crippen LogP contribution in [-0.2, 0) is 13.6 Å². The number of alkyl halides is 3. The van der Waals surface area contributed by atoms with Gasteiger partial charge in [0.25, 0.3) is 5.56 Å². The Morgan fingerprint density at radius 1 is 1.30 bits per heavy atom. The molecule has 1 aromatic heterocycles. The number of rotatable bonds is 5. The first kappa shape index (κ1) is 16.1. The maximum absolute atomic E-state index is 12.1. The van der Waals surface area contributed by atoms with E-state index in [1.807, 2.05) is 6.92 Å². The van der Waals surface area contributed by atoms with Gasteiger partial charge in [-0.1, -0.05) is 6.92 Å². The van der Waals surface area contributed by atoms with Gasteiger partial charge in [-0.2, -0.15) is 13.2 Å². The van der Waals surface area contributed by atoms with E-state index >= 15 is 0 Å². The number of nitrogen functional groups attached to an aromatic ring is 1. The first-order valence-electron chi connectivity index (χ1n) is 6.09. The molecule has 114 valence electrons. The van der Waals surface area contributed by atoms with Crippen molar-refractivity contribution in [2.24, 2.45) is 7.05 Å². The molecule has 1 rings (SSSR count). The minimum atomic E-state index is -4.33. The zero-order chi connectivity index (χ0) is 15.5. The van der Waals surface area contributed by atoms with E-state index in [9.17, 15) is 22.8 Å². The van der Waals surface area contributed by atoms with Gasteiger partial charge in [-0.15, -0.1) is 0 Å². The van der Waals surface area contributed by atoms with Crippen LogP contribution in [0.15, 0.2) is 9.59 Å². The third kappa shape index (κ3) is 3.55. The second-order valence-electron chi connectivity index (χ2n) is 4.35. The van der Waals surface area contributed by atoms with E-state index in [0.717, 1.165) is 9.13 Å². The predicted molar refractivity (Wildman–Crippen MR) is 69.8 cm³/mol. The Kier molecular flexibility index (Phi) is 4.85. The summed E-state index contributed by atoms with van der Waals surface area (Å²) in [6.07, 6.45) is -4.82. The fourth-order valence-electron chi connectivity index (χ4n) is 1.72. The van der Waals surface area contributed by atoms with Gasteiger partial charge in [-0.05, 0) is 6.42 Å². The molecule has 20 heavy (non-hydrogen) atoms. The van der Waals surface area contributed by atoms with E-state index in [2.05, 4.69) is 5.32 Å². The Hall–Kier alpha value is -1.93. The molecule has 6 nitrogen and oxygen atoms in total. The summed E-state index contributed by atoms with van der Waals surface area (Å²) in [5, 5.41) is 2.37. The van der Waals surface area contributed by atoms with Crippen LogP contribution in [0.3, 0.4) is 0 Å². The highest BCUT2D eigenvalue weighted by molar-refractivity contribution is 5.60. The average Bonchev–Trinajstić information content (AvgIpc) is 2.35. The van der Waals surface area contributed by atoms with Gasteiger partial charge in [0, 0.05) is 20.1 Å². The molecule has 0 amide bonds. The lowest BCUT2D eigenvalue weighted by molar-refractivity contribution is -0.131. The Morgan fingerprint density at radius 2 is 1.90 bits per heavy atom. The summed E-state index contributed by atoms with van der Waals surface area (Å²) >= 11 is 0. The number of aromatic nitrogens is 2. The number of anilines is 2. The number of nitrogens with zero attached hydrogens (tertiary/aromatic N) is 2. The smallest absolute Gasteiger partial charge is 0.383 e. The molecule has 0 aliphatic carbocycles. The van der Waals surface area contributed by atoms with Crippen molar-refractivity contribution in [3.8, 4) is 0 Å². The molecule has 0 spiro atoms. The summed E-state index contributed by atoms with van der Waals surface area (Å²) in [7, 11) is 1.26. The second kappa shape index (κ2) is 6.02. The van der Waals surface area contributed by atoms with Crippen molar-refractivity contribution >= 4 is 11.5 Å². The normalized spacial score (nSPS) is 11.7. The van der Waals surface area contributed by atoms with Crippen LogP contribution < -0.4 is 22.3 Å². The maximum Gasteiger partial charge on any atom is 0.390 e. The summed E-state index contributed by atoms with van der Waals surface area (Å²) in [4.78, 5) is 23.7. The highest BCUT2D eigenvalue weighted by Crippen LogP contribution is 2.20. The largest absolute Gasteiger partial charge is 0.390 e. The van der Waals surface area contributed by atoms with Gasteiger partial charge in [0.1, 0.15) is 11.5 Å². The quantitative estimate of drug-likeness (QED) is 0.845. The molecule has 1 aromatic rings. The number of nitrogens with one attached hydrogen (secondary N) is 1. The van der Waals surface area contributed by atoms with E-state index < -0.39 is 30.4 Å². The first-order chi connectivity index (χ1) is 9.19. The second-order valence-corrected chi connectivity index (χ2v) is 4.35. The molecule has 9 heteroatoms. The van der Waals surface area contributed by atoms with Crippen molar-refractivity contribution in [2.75, 3.05) is 17.6 Å². The Labute approximate surface area is 113 Å². The van der Waals surface area contributed by atoms with Crippen LogP contribution in [0.4, 0.5) is 24.7 Å². The lowest BCUT2D eigenvalue weighted by Gasteiger charge is -2.16. The summed E-state index contributed by atoms with van der Waals surface area (Å²) in [6, 6.07) is 0. The van der Waals surface area contributed by atoms with Crippen LogP contribution in [0.2, 0.25) is 0 Å². The highest BCUT2D eigenvalue weighted by Gasteiger charge is 2.26. The molecule has 0 saturated heterocycles. The van der Waals surface area contributed by atoms with Gasteiger partial charge in [-0.3, -0.25) is 13.9 Å². The van der Waals surface area contributed by atoms with Gasteiger partial charge >= 0.3 is 11.9 Å². The Bertz CT molecular complexity index is 589.